The summed E-state index contributed by atoms with van der Waals surface area (Å²) in [7, 11) is -3.19. The zero-order valence-electron chi connectivity index (χ0n) is 14.8. The van der Waals surface area contributed by atoms with E-state index >= 15 is 0 Å². The largest absolute Gasteiger partial charge is 0.302 e. The average Bonchev–Trinajstić information content (AvgIpc) is 3.03. The van der Waals surface area contributed by atoms with Crippen molar-refractivity contribution in [2.75, 3.05) is 17.6 Å². The highest BCUT2D eigenvalue weighted by Crippen LogP contribution is 2.29. The van der Waals surface area contributed by atoms with Crippen molar-refractivity contribution in [3.63, 3.8) is 0 Å². The Kier molecular flexibility index (Phi) is 6.05. The van der Waals surface area contributed by atoms with E-state index in [1.807, 2.05) is 18.2 Å². The van der Waals surface area contributed by atoms with Crippen LogP contribution in [0.1, 0.15) is 35.9 Å². The lowest BCUT2D eigenvalue weighted by Crippen LogP contribution is -2.36. The van der Waals surface area contributed by atoms with Crippen molar-refractivity contribution in [2.24, 2.45) is 0 Å². The third kappa shape index (κ3) is 4.69. The number of carbonyl (C=O) groups is 1. The standard InChI is InChI=1S/C18H23N3O3S2/c1-2-26(23,24)21-12-11-15-16(13-21)25-18(19-15)20-17(22)10-6-9-14-7-4-3-5-8-14/h3-5,7-8H,2,6,9-13H2,1H3,(H,19,20,22). The molecule has 0 fully saturated rings. The number of fused-ring (bicyclic) bond motifs is 1. The van der Waals surface area contributed by atoms with Crippen LogP contribution in [0.2, 0.25) is 0 Å². The highest BCUT2D eigenvalue weighted by atomic mass is 32.2. The average molecular weight is 394 g/mol. The van der Waals surface area contributed by atoms with Crippen molar-refractivity contribution >= 4 is 32.4 Å². The van der Waals surface area contributed by atoms with Crippen LogP contribution in [-0.4, -0.2) is 35.9 Å². The molecule has 26 heavy (non-hydrogen) atoms. The van der Waals surface area contributed by atoms with E-state index in [9.17, 15) is 13.2 Å². The van der Waals surface area contributed by atoms with Crippen LogP contribution < -0.4 is 5.32 Å². The van der Waals surface area contributed by atoms with Crippen molar-refractivity contribution < 1.29 is 13.2 Å². The maximum Gasteiger partial charge on any atom is 0.226 e. The molecule has 0 saturated heterocycles. The lowest BCUT2D eigenvalue weighted by atomic mass is 10.1. The number of benzene rings is 1. The van der Waals surface area contributed by atoms with Gasteiger partial charge < -0.3 is 5.32 Å². The zero-order valence-corrected chi connectivity index (χ0v) is 16.4. The van der Waals surface area contributed by atoms with Gasteiger partial charge in [0.15, 0.2) is 5.13 Å². The number of aromatic nitrogens is 1. The molecule has 0 radical (unpaired) electrons. The predicted octanol–water partition coefficient (Wildman–Crippen LogP) is 2.81. The van der Waals surface area contributed by atoms with Crippen LogP contribution in [0.4, 0.5) is 5.13 Å². The fourth-order valence-electron chi connectivity index (χ4n) is 2.93. The summed E-state index contributed by atoms with van der Waals surface area (Å²) in [5.41, 5.74) is 2.12. The minimum atomic E-state index is -3.19. The normalized spacial score (nSPS) is 14.8. The predicted molar refractivity (Wildman–Crippen MR) is 104 cm³/mol. The van der Waals surface area contributed by atoms with Crippen molar-refractivity contribution in [2.45, 2.75) is 39.2 Å². The molecule has 0 bridgehead atoms. The quantitative estimate of drug-likeness (QED) is 0.784. The number of carbonyl (C=O) groups excluding carboxylic acids is 1. The summed E-state index contributed by atoms with van der Waals surface area (Å²) >= 11 is 1.37. The van der Waals surface area contributed by atoms with E-state index < -0.39 is 10.0 Å². The first-order valence-electron chi connectivity index (χ1n) is 8.78. The molecule has 1 aromatic carbocycles. The smallest absolute Gasteiger partial charge is 0.226 e. The molecule has 140 valence electrons. The first-order valence-corrected chi connectivity index (χ1v) is 11.2. The zero-order chi connectivity index (χ0) is 18.6. The molecule has 0 aliphatic carbocycles. The van der Waals surface area contributed by atoms with Gasteiger partial charge in [0, 0.05) is 30.8 Å². The molecule has 2 heterocycles. The van der Waals surface area contributed by atoms with E-state index in [-0.39, 0.29) is 11.7 Å². The third-order valence-corrected chi connectivity index (χ3v) is 7.24. The van der Waals surface area contributed by atoms with E-state index in [1.54, 1.807) is 6.92 Å². The summed E-state index contributed by atoms with van der Waals surface area (Å²) in [4.78, 5) is 17.5. The van der Waals surface area contributed by atoms with Crippen LogP contribution in [0, 0.1) is 0 Å². The number of sulfonamides is 1. The molecule has 0 spiro atoms. The third-order valence-electron chi connectivity index (χ3n) is 4.41. The van der Waals surface area contributed by atoms with Gasteiger partial charge in [0.05, 0.1) is 11.4 Å². The lowest BCUT2D eigenvalue weighted by Gasteiger charge is -2.24. The molecule has 3 rings (SSSR count). The molecule has 6 nitrogen and oxygen atoms in total. The Bertz CT molecular complexity index is 863. The molecular weight excluding hydrogens is 370 g/mol. The summed E-state index contributed by atoms with van der Waals surface area (Å²) in [5, 5.41) is 3.42. The number of hydrogen-bond donors (Lipinski definition) is 1. The second kappa shape index (κ2) is 8.28. The molecule has 1 aliphatic rings. The summed E-state index contributed by atoms with van der Waals surface area (Å²) in [6.45, 7) is 2.46. The van der Waals surface area contributed by atoms with Crippen molar-refractivity contribution in [1.82, 2.24) is 9.29 Å². The molecule has 8 heteroatoms. The van der Waals surface area contributed by atoms with Crippen LogP contribution in [0.15, 0.2) is 30.3 Å². The van der Waals surface area contributed by atoms with Gasteiger partial charge in [0.1, 0.15) is 0 Å². The molecule has 0 unspecified atom stereocenters. The van der Waals surface area contributed by atoms with E-state index in [0.717, 1.165) is 23.4 Å². The van der Waals surface area contributed by atoms with Crippen LogP contribution in [-0.2, 0) is 34.2 Å². The Hall–Kier alpha value is -1.77. The fraction of sp³-hybridized carbons (Fsp3) is 0.444. The van der Waals surface area contributed by atoms with Gasteiger partial charge in [-0.25, -0.2) is 13.4 Å². The number of rotatable bonds is 7. The van der Waals surface area contributed by atoms with Crippen LogP contribution in [0.3, 0.4) is 0 Å². The van der Waals surface area contributed by atoms with Gasteiger partial charge in [-0.1, -0.05) is 30.3 Å². The molecule has 0 saturated carbocycles. The number of nitrogens with zero attached hydrogens (tertiary/aromatic N) is 2. The lowest BCUT2D eigenvalue weighted by molar-refractivity contribution is -0.116. The molecule has 0 atom stereocenters. The molecule has 2 aromatic rings. The number of amides is 1. The first kappa shape index (κ1) is 19.0. The molecule has 1 amide bonds. The van der Waals surface area contributed by atoms with E-state index in [2.05, 4.69) is 22.4 Å². The Balaban J connectivity index is 1.53. The van der Waals surface area contributed by atoms with Crippen molar-refractivity contribution in [3.05, 3.63) is 46.5 Å². The van der Waals surface area contributed by atoms with Gasteiger partial charge in [-0.3, -0.25) is 4.79 Å². The summed E-state index contributed by atoms with van der Waals surface area (Å²) < 4.78 is 25.5. The second-order valence-electron chi connectivity index (χ2n) is 6.26. The van der Waals surface area contributed by atoms with Gasteiger partial charge in [0.2, 0.25) is 15.9 Å². The molecule has 1 aliphatic heterocycles. The van der Waals surface area contributed by atoms with E-state index in [1.165, 1.54) is 21.2 Å². The minimum Gasteiger partial charge on any atom is -0.302 e. The monoisotopic (exact) mass is 393 g/mol. The Morgan fingerprint density at radius 2 is 2.08 bits per heavy atom. The van der Waals surface area contributed by atoms with Crippen molar-refractivity contribution in [3.8, 4) is 0 Å². The highest BCUT2D eigenvalue weighted by molar-refractivity contribution is 7.89. The number of thiazole rings is 1. The molecule has 1 aromatic heterocycles. The van der Waals surface area contributed by atoms with Gasteiger partial charge in [0.25, 0.3) is 0 Å². The molecule has 1 N–H and O–H groups in total. The van der Waals surface area contributed by atoms with E-state index in [4.69, 9.17) is 0 Å². The maximum atomic E-state index is 12.1. The molecular formula is C18H23N3O3S2. The van der Waals surface area contributed by atoms with Gasteiger partial charge in [-0.05, 0) is 25.3 Å². The van der Waals surface area contributed by atoms with Gasteiger partial charge in [-0.15, -0.1) is 11.3 Å². The van der Waals surface area contributed by atoms with Gasteiger partial charge in [-0.2, -0.15) is 4.31 Å². The maximum absolute atomic E-state index is 12.1. The summed E-state index contributed by atoms with van der Waals surface area (Å²) in [5.74, 6) is 0.0525. The summed E-state index contributed by atoms with van der Waals surface area (Å²) in [6.07, 6.45) is 2.68. The SMILES string of the molecule is CCS(=O)(=O)N1CCc2nc(NC(=O)CCCc3ccccc3)sc2C1. The van der Waals surface area contributed by atoms with Crippen LogP contribution >= 0.6 is 11.3 Å². The number of nitrogens with one attached hydrogen (secondary N) is 1. The first-order chi connectivity index (χ1) is 12.5. The van der Waals surface area contributed by atoms with Gasteiger partial charge >= 0.3 is 0 Å². The Labute approximate surface area is 158 Å². The topological polar surface area (TPSA) is 79.4 Å². The summed E-state index contributed by atoms with van der Waals surface area (Å²) in [6, 6.07) is 10.1. The number of anilines is 1. The van der Waals surface area contributed by atoms with Crippen LogP contribution in [0.5, 0.6) is 0 Å². The van der Waals surface area contributed by atoms with E-state index in [0.29, 0.717) is 31.1 Å². The fourth-order valence-corrected chi connectivity index (χ4v) is 5.11. The van der Waals surface area contributed by atoms with Crippen LogP contribution in [0.25, 0.3) is 0 Å². The van der Waals surface area contributed by atoms with Crippen molar-refractivity contribution in [1.29, 1.82) is 0 Å². The number of hydrogen-bond acceptors (Lipinski definition) is 5. The number of aryl methyl sites for hydroxylation is 1. The Morgan fingerprint density at radius 3 is 2.81 bits per heavy atom. The second-order valence-corrected chi connectivity index (χ2v) is 9.60. The highest BCUT2D eigenvalue weighted by Gasteiger charge is 2.28. The Morgan fingerprint density at radius 1 is 1.31 bits per heavy atom. The minimum absolute atomic E-state index is 0.0509.